The predicted octanol–water partition coefficient (Wildman–Crippen LogP) is 17.2. The van der Waals surface area contributed by atoms with Crippen LogP contribution >= 0.6 is 11.3 Å². The third kappa shape index (κ3) is 38.4. The highest BCUT2D eigenvalue weighted by Crippen LogP contribution is 2.35. The van der Waals surface area contributed by atoms with Gasteiger partial charge in [-0.3, -0.25) is 14.4 Å². The minimum absolute atomic E-state index is 0. The topological polar surface area (TPSA) is 114 Å². The van der Waals surface area contributed by atoms with Gasteiger partial charge in [-0.25, -0.2) is 0 Å². The van der Waals surface area contributed by atoms with Gasteiger partial charge in [0.1, 0.15) is 19.4 Å². The first kappa shape index (κ1) is 71.8. The van der Waals surface area contributed by atoms with Crippen LogP contribution < -0.4 is 5.32 Å². The molecule has 1 aliphatic rings. The monoisotopic (exact) mass is 1090 g/mol. The molecule has 11 heteroatoms. The van der Waals surface area contributed by atoms with E-state index in [1.54, 1.807) is 11.3 Å². The Morgan fingerprint density at radius 1 is 0.579 bits per heavy atom. The molecule has 0 saturated carbocycles. The fourth-order valence-corrected chi connectivity index (χ4v) is 12.1. The third-order valence-corrected chi connectivity index (χ3v) is 16.8. The summed E-state index contributed by atoms with van der Waals surface area (Å²) in [5.74, 6) is 1.75. The number of hydrogen-bond donors (Lipinski definition) is 1. The molecule has 0 aliphatic carbocycles. The van der Waals surface area contributed by atoms with E-state index in [1.807, 2.05) is 25.8 Å². The molecule has 76 heavy (non-hydrogen) atoms. The highest BCUT2D eigenvalue weighted by Gasteiger charge is 2.29. The molecule has 0 bridgehead atoms. The van der Waals surface area contributed by atoms with Crippen molar-refractivity contribution in [2.24, 2.45) is 11.8 Å². The van der Waals surface area contributed by atoms with Crippen molar-refractivity contribution in [2.45, 2.75) is 291 Å². The number of ether oxygens (including phenoxy) is 3. The van der Waals surface area contributed by atoms with E-state index in [0.717, 1.165) is 92.2 Å². The number of fused-ring (bicyclic) bond motifs is 1. The highest BCUT2D eigenvalue weighted by atomic mass is 32.1. The van der Waals surface area contributed by atoms with Gasteiger partial charge in [-0.2, -0.15) is 0 Å². The average Bonchev–Trinajstić information content (AvgIpc) is 3.80. The Kier molecular flexibility index (Phi) is 49.3. The maximum Gasteiger partial charge on any atom is 0.252 e. The Bertz CT molecular complexity index is 1480. The second-order valence-corrected chi connectivity index (χ2v) is 24.1. The lowest BCUT2D eigenvalue weighted by Crippen LogP contribution is -2.36. The average molecular weight is 1090 g/mol. The van der Waals surface area contributed by atoms with Crippen LogP contribution in [0.5, 0.6) is 0 Å². The molecule has 2 heterocycles. The maximum atomic E-state index is 13.8. The van der Waals surface area contributed by atoms with Gasteiger partial charge in [0.25, 0.3) is 5.91 Å². The van der Waals surface area contributed by atoms with E-state index in [1.165, 1.54) is 180 Å². The number of thiophene rings is 1. The number of carbonyl (C=O) groups excluding carboxylic acids is 4. The van der Waals surface area contributed by atoms with Crippen molar-refractivity contribution in [3.8, 4) is 0 Å². The van der Waals surface area contributed by atoms with Gasteiger partial charge in [0, 0.05) is 63.4 Å². The Hall–Kier alpha value is -2.18. The van der Waals surface area contributed by atoms with Crippen molar-refractivity contribution in [2.75, 3.05) is 67.0 Å². The summed E-state index contributed by atoms with van der Waals surface area (Å²) in [5, 5.41) is 3.19. The Morgan fingerprint density at radius 2 is 1.04 bits per heavy atom. The number of hydrogen-bond acceptors (Lipinski definition) is 9. The molecule has 0 unspecified atom stereocenters. The quantitative estimate of drug-likeness (QED) is 0.0507. The van der Waals surface area contributed by atoms with E-state index in [4.69, 9.17) is 19.0 Å². The Balaban J connectivity index is 0.0000190. The predicted molar refractivity (Wildman–Crippen MR) is 325 cm³/mol. The highest BCUT2D eigenvalue weighted by molar-refractivity contribution is 7.12. The summed E-state index contributed by atoms with van der Waals surface area (Å²) in [4.78, 5) is 54.8. The molecule has 446 valence electrons. The molecule has 0 radical (unpaired) electrons. The van der Waals surface area contributed by atoms with E-state index in [-0.39, 0.29) is 19.0 Å². The normalized spacial score (nSPS) is 12.5. The number of nitrogens with zero attached hydrogens (tertiary/aromatic N) is 2. The molecule has 0 aromatic carbocycles. The molecule has 1 aromatic heterocycles. The number of aryl methyl sites for hydroxylation is 1. The van der Waals surface area contributed by atoms with E-state index in [0.29, 0.717) is 77.0 Å². The summed E-state index contributed by atoms with van der Waals surface area (Å²) < 4.78 is 18.2. The Morgan fingerprint density at radius 3 is 1.55 bits per heavy atom. The van der Waals surface area contributed by atoms with Crippen LogP contribution in [0.4, 0.5) is 0 Å². The number of nitrogens with one attached hydrogen (secondary N) is 1. The van der Waals surface area contributed by atoms with Gasteiger partial charge in [-0.05, 0) is 109 Å². The van der Waals surface area contributed by atoms with Crippen molar-refractivity contribution in [1.29, 1.82) is 0 Å². The fraction of sp³-hybridized carbons (Fsp3) is 0.877. The summed E-state index contributed by atoms with van der Waals surface area (Å²) in [7, 11) is 4.10. The number of unbranched alkanes of at least 4 members (excludes halogenated alkanes) is 24. The van der Waals surface area contributed by atoms with Gasteiger partial charge in [-0.15, -0.1) is 11.3 Å². The molecule has 0 atom stereocenters. The fourth-order valence-electron chi connectivity index (χ4n) is 10.8. The maximum absolute atomic E-state index is 13.8. The first-order valence-electron chi connectivity index (χ1n) is 32.1. The van der Waals surface area contributed by atoms with E-state index < -0.39 is 0 Å². The van der Waals surface area contributed by atoms with Crippen LogP contribution in [0.1, 0.15) is 299 Å². The van der Waals surface area contributed by atoms with Gasteiger partial charge in [-0.1, -0.05) is 195 Å². The minimum Gasteiger partial charge on any atom is -0.381 e. The van der Waals surface area contributed by atoms with E-state index in [9.17, 15) is 14.4 Å². The molecule has 1 N–H and O–H groups in total. The van der Waals surface area contributed by atoms with Crippen LogP contribution in [0.15, 0.2) is 0 Å². The van der Waals surface area contributed by atoms with Crippen LogP contribution in [0.3, 0.4) is 0 Å². The third-order valence-electron chi connectivity index (χ3n) is 15.6. The first-order valence-corrected chi connectivity index (χ1v) is 32.9. The SMILES string of the molecule is C=O.CCCCCCCCC(CCCCCCCC)COCCCCCC(=O)N1CCc2c(sc(CCC(=O)CCCCCOCOCC(CCCCCCCC)CCCCCCCC)c2C(=O)NCCCN(C)C)C1.[HH]. The summed E-state index contributed by atoms with van der Waals surface area (Å²) in [5.41, 5.74) is 1.86. The molecule has 10 nitrogen and oxygen atoms in total. The second kappa shape index (κ2) is 52.2. The van der Waals surface area contributed by atoms with Crippen molar-refractivity contribution in [3.05, 3.63) is 20.9 Å². The first-order chi connectivity index (χ1) is 37.2. The molecule has 0 fully saturated rings. The zero-order valence-electron chi connectivity index (χ0n) is 50.7. The van der Waals surface area contributed by atoms with E-state index in [2.05, 4.69) is 37.9 Å². The summed E-state index contributed by atoms with van der Waals surface area (Å²) >= 11 is 1.65. The molecule has 0 saturated heterocycles. The molecule has 2 amide bonds. The molecular weight excluding hydrogens is 967 g/mol. The lowest BCUT2D eigenvalue weighted by atomic mass is 9.95. The van der Waals surface area contributed by atoms with Crippen LogP contribution in [0.2, 0.25) is 0 Å². The molecule has 0 spiro atoms. The summed E-state index contributed by atoms with van der Waals surface area (Å²) in [6, 6.07) is 0. The smallest absolute Gasteiger partial charge is 0.252 e. The van der Waals surface area contributed by atoms with Crippen LogP contribution in [0, 0.1) is 11.8 Å². The van der Waals surface area contributed by atoms with E-state index >= 15 is 0 Å². The lowest BCUT2D eigenvalue weighted by molar-refractivity contribution is -0.132. The number of amides is 2. The van der Waals surface area contributed by atoms with Crippen molar-refractivity contribution >= 4 is 35.7 Å². The second-order valence-electron chi connectivity index (χ2n) is 22.9. The number of rotatable bonds is 54. The summed E-state index contributed by atoms with van der Waals surface area (Å²) in [6.45, 7) is 17.4. The molecule has 1 aromatic rings. The van der Waals surface area contributed by atoms with Gasteiger partial charge >= 0.3 is 0 Å². The molecule has 2 rings (SSSR count). The lowest BCUT2D eigenvalue weighted by Gasteiger charge is -2.27. The van der Waals surface area contributed by atoms with Gasteiger partial charge in [0.15, 0.2) is 0 Å². The van der Waals surface area contributed by atoms with Crippen molar-refractivity contribution in [3.63, 3.8) is 0 Å². The van der Waals surface area contributed by atoms with Crippen molar-refractivity contribution in [1.82, 2.24) is 15.1 Å². The molecular formula is C65H123N3O7S. The minimum atomic E-state index is -0.0306. The van der Waals surface area contributed by atoms with Crippen molar-refractivity contribution < 1.29 is 34.8 Å². The number of Topliss-reactive ketones (excluding diaryl/α,β-unsaturated/α-hetero) is 1. The zero-order chi connectivity index (χ0) is 55.5. The van der Waals surface area contributed by atoms with Gasteiger partial charge in [0.2, 0.25) is 5.91 Å². The number of carbonyl (C=O) groups is 4. The zero-order valence-corrected chi connectivity index (χ0v) is 51.5. The summed E-state index contributed by atoms with van der Waals surface area (Å²) in [6.07, 6.45) is 46.7. The van der Waals surface area contributed by atoms with Gasteiger partial charge < -0.3 is 34.1 Å². The van der Waals surface area contributed by atoms with Gasteiger partial charge in [0.05, 0.1) is 18.7 Å². The number of ketones is 1. The van der Waals surface area contributed by atoms with Crippen LogP contribution in [-0.2, 0) is 48.0 Å². The van der Waals surface area contributed by atoms with Crippen LogP contribution in [0.25, 0.3) is 0 Å². The van der Waals surface area contributed by atoms with Crippen LogP contribution in [-0.4, -0.2) is 101 Å². The largest absolute Gasteiger partial charge is 0.381 e. The molecule has 1 aliphatic heterocycles. The Labute approximate surface area is 474 Å². The standard InChI is InChI=1S/C64H119N3O6S.CH2O.H2/c1-7-11-15-19-23-29-38-56(39-30-24-20-16-12-8-2)53-71-50-35-28-34-43-62(69)67-49-46-59-61(52-67)74-60(63(59)64(70)65-47-37-48-66(5)6)45-44-58(68)42-33-27-36-51-72-55-73-54-57(40-31-25-21-17-13-9-3)41-32-26-22-18-14-10-4;1-2;/h56-57H,7-55H2,1-6H3,(H,65,70);1H2;1H.